The van der Waals surface area contributed by atoms with Gasteiger partial charge in [-0.25, -0.2) is 4.79 Å². The topological polar surface area (TPSA) is 49.9 Å². The molecule has 22 heavy (non-hydrogen) atoms. The Hall–Kier alpha value is -2.51. The van der Waals surface area contributed by atoms with Gasteiger partial charge in [-0.05, 0) is 24.3 Å². The number of carbonyl (C=O) groups excluding carboxylic acids is 2. The van der Waals surface area contributed by atoms with Crippen LogP contribution in [0.5, 0.6) is 5.75 Å². The second-order valence-electron chi connectivity index (χ2n) is 4.95. The summed E-state index contributed by atoms with van der Waals surface area (Å²) in [5.74, 6) is -0.0403. The number of carbonyl (C=O) groups is 2. The summed E-state index contributed by atoms with van der Waals surface area (Å²) in [6, 6.07) is 5.44. The second kappa shape index (κ2) is 5.04. The normalized spacial score (nSPS) is 17.9. The molecule has 1 aromatic rings. The highest BCUT2D eigenvalue weighted by molar-refractivity contribution is 6.05. The van der Waals surface area contributed by atoms with Gasteiger partial charge < -0.3 is 4.74 Å². The maximum atomic E-state index is 12.2. The van der Waals surface area contributed by atoms with E-state index in [1.807, 2.05) is 0 Å². The molecule has 116 valence electrons. The maximum absolute atomic E-state index is 12.2. The maximum Gasteiger partial charge on any atom is 0.422 e. The van der Waals surface area contributed by atoms with E-state index in [1.54, 1.807) is 0 Å². The van der Waals surface area contributed by atoms with Crippen molar-refractivity contribution in [2.24, 2.45) is 0 Å². The van der Waals surface area contributed by atoms with Crippen LogP contribution in [0.15, 0.2) is 36.0 Å². The standard InChI is InChI=1S/C14H11F3N2O3/c15-14(16,17)8-22-12-3-1-9(2-4-12)18-6-10-5-11(20)7-19(10)13(18)21/h1-5H,6-8H2. The molecule has 2 heterocycles. The molecular weight excluding hydrogens is 301 g/mol. The highest BCUT2D eigenvalue weighted by atomic mass is 19.4. The zero-order chi connectivity index (χ0) is 15.9. The molecule has 8 heteroatoms. The van der Waals surface area contributed by atoms with Crippen LogP contribution in [0.2, 0.25) is 0 Å². The van der Waals surface area contributed by atoms with E-state index in [0.717, 1.165) is 0 Å². The molecular formula is C14H11F3N2O3. The Kier molecular flexibility index (Phi) is 3.31. The molecule has 0 aromatic heterocycles. The molecule has 1 saturated heterocycles. The van der Waals surface area contributed by atoms with Gasteiger partial charge in [0.05, 0.1) is 13.1 Å². The van der Waals surface area contributed by atoms with Gasteiger partial charge in [0, 0.05) is 17.5 Å². The van der Waals surface area contributed by atoms with E-state index in [0.29, 0.717) is 11.4 Å². The van der Waals surface area contributed by atoms with Gasteiger partial charge in [0.25, 0.3) is 0 Å². The Morgan fingerprint density at radius 2 is 1.73 bits per heavy atom. The lowest BCUT2D eigenvalue weighted by Crippen LogP contribution is -2.32. The van der Waals surface area contributed by atoms with Gasteiger partial charge in [-0.3, -0.25) is 14.6 Å². The Morgan fingerprint density at radius 3 is 2.32 bits per heavy atom. The molecule has 0 radical (unpaired) electrons. The molecule has 1 aromatic carbocycles. The lowest BCUT2D eigenvalue weighted by molar-refractivity contribution is -0.153. The largest absolute Gasteiger partial charge is 0.484 e. The Bertz CT molecular complexity index is 652. The van der Waals surface area contributed by atoms with E-state index >= 15 is 0 Å². The molecule has 0 bridgehead atoms. The van der Waals surface area contributed by atoms with Crippen molar-refractivity contribution in [3.63, 3.8) is 0 Å². The number of nitrogens with zero attached hydrogens (tertiary/aromatic N) is 2. The van der Waals surface area contributed by atoms with Gasteiger partial charge in [-0.15, -0.1) is 0 Å². The summed E-state index contributed by atoms with van der Waals surface area (Å²) in [6.07, 6.45) is -2.97. The molecule has 0 aliphatic carbocycles. The number of amides is 2. The average Bonchev–Trinajstić information content (AvgIpc) is 2.95. The summed E-state index contributed by atoms with van der Waals surface area (Å²) in [6.45, 7) is -1.05. The summed E-state index contributed by atoms with van der Waals surface area (Å²) < 4.78 is 40.8. The average molecular weight is 312 g/mol. The number of fused-ring (bicyclic) bond motifs is 1. The minimum absolute atomic E-state index is 0.0391. The number of anilines is 1. The third kappa shape index (κ3) is 2.76. The van der Waals surface area contributed by atoms with Gasteiger partial charge in [-0.2, -0.15) is 13.2 Å². The quantitative estimate of drug-likeness (QED) is 0.861. The minimum atomic E-state index is -4.40. The van der Waals surface area contributed by atoms with Gasteiger partial charge in [0.15, 0.2) is 12.4 Å². The van der Waals surface area contributed by atoms with Crippen LogP contribution in [0.1, 0.15) is 0 Å². The summed E-state index contributed by atoms with van der Waals surface area (Å²) in [4.78, 5) is 26.2. The van der Waals surface area contributed by atoms with Crippen molar-refractivity contribution in [1.29, 1.82) is 0 Å². The molecule has 2 amide bonds. The van der Waals surface area contributed by atoms with Crippen molar-refractivity contribution in [3.05, 3.63) is 36.0 Å². The molecule has 0 atom stereocenters. The predicted molar refractivity (Wildman–Crippen MR) is 70.5 cm³/mol. The number of ketones is 1. The Labute approximate surface area is 123 Å². The first-order valence-electron chi connectivity index (χ1n) is 6.45. The van der Waals surface area contributed by atoms with Crippen LogP contribution in [0, 0.1) is 0 Å². The number of benzene rings is 1. The van der Waals surface area contributed by atoms with Gasteiger partial charge in [0.2, 0.25) is 0 Å². The highest BCUT2D eigenvalue weighted by Gasteiger charge is 2.38. The smallest absolute Gasteiger partial charge is 0.422 e. The highest BCUT2D eigenvalue weighted by Crippen LogP contribution is 2.30. The lowest BCUT2D eigenvalue weighted by Gasteiger charge is -2.17. The van der Waals surface area contributed by atoms with Crippen molar-refractivity contribution in [1.82, 2.24) is 4.90 Å². The molecule has 0 saturated carbocycles. The molecule has 1 fully saturated rings. The van der Waals surface area contributed by atoms with Crippen molar-refractivity contribution in [3.8, 4) is 5.75 Å². The molecule has 3 rings (SSSR count). The van der Waals surface area contributed by atoms with Crippen LogP contribution in [0.3, 0.4) is 0 Å². The van der Waals surface area contributed by atoms with Crippen LogP contribution in [-0.4, -0.2) is 42.6 Å². The number of ether oxygens (including phenoxy) is 1. The SMILES string of the molecule is O=C1C=C2CN(c3ccc(OCC(F)(F)F)cc3)C(=O)N2C1. The molecule has 0 unspecified atom stereocenters. The molecule has 2 aliphatic rings. The van der Waals surface area contributed by atoms with Crippen molar-refractivity contribution < 1.29 is 27.5 Å². The third-order valence-electron chi connectivity index (χ3n) is 3.32. The summed E-state index contributed by atoms with van der Waals surface area (Å²) in [5, 5.41) is 0. The molecule has 0 N–H and O–H groups in total. The Morgan fingerprint density at radius 1 is 1.05 bits per heavy atom. The monoisotopic (exact) mass is 312 g/mol. The number of hydrogen-bond acceptors (Lipinski definition) is 3. The van der Waals surface area contributed by atoms with E-state index in [-0.39, 0.29) is 30.7 Å². The molecule has 5 nitrogen and oxygen atoms in total. The predicted octanol–water partition coefficient (Wildman–Crippen LogP) is 2.34. The van der Waals surface area contributed by atoms with Crippen LogP contribution >= 0.6 is 0 Å². The fourth-order valence-electron chi connectivity index (χ4n) is 2.35. The summed E-state index contributed by atoms with van der Waals surface area (Å²) >= 11 is 0. The van der Waals surface area contributed by atoms with Crippen LogP contribution < -0.4 is 9.64 Å². The minimum Gasteiger partial charge on any atom is -0.484 e. The number of hydrogen-bond donors (Lipinski definition) is 0. The van der Waals surface area contributed by atoms with Crippen LogP contribution in [0.4, 0.5) is 23.7 Å². The second-order valence-corrected chi connectivity index (χ2v) is 4.95. The Balaban J connectivity index is 1.70. The molecule has 0 spiro atoms. The first-order valence-corrected chi connectivity index (χ1v) is 6.45. The van der Waals surface area contributed by atoms with Crippen molar-refractivity contribution >= 4 is 17.5 Å². The number of urea groups is 1. The fraction of sp³-hybridized carbons (Fsp3) is 0.286. The van der Waals surface area contributed by atoms with Crippen LogP contribution in [0.25, 0.3) is 0 Å². The number of rotatable bonds is 3. The summed E-state index contributed by atoms with van der Waals surface area (Å²) in [5.41, 5.74) is 1.17. The van der Waals surface area contributed by atoms with Gasteiger partial charge in [0.1, 0.15) is 5.75 Å². The van der Waals surface area contributed by atoms with Crippen molar-refractivity contribution in [2.75, 3.05) is 24.6 Å². The number of alkyl halides is 3. The zero-order valence-electron chi connectivity index (χ0n) is 11.3. The van der Waals surface area contributed by atoms with Gasteiger partial charge in [-0.1, -0.05) is 0 Å². The third-order valence-corrected chi connectivity index (χ3v) is 3.32. The van der Waals surface area contributed by atoms with Crippen LogP contribution in [-0.2, 0) is 4.79 Å². The van der Waals surface area contributed by atoms with Crippen molar-refractivity contribution in [2.45, 2.75) is 6.18 Å². The van der Waals surface area contributed by atoms with E-state index in [4.69, 9.17) is 0 Å². The fourth-order valence-corrected chi connectivity index (χ4v) is 2.35. The zero-order valence-corrected chi connectivity index (χ0v) is 11.3. The van der Waals surface area contributed by atoms with E-state index in [2.05, 4.69) is 4.74 Å². The molecule has 2 aliphatic heterocycles. The van der Waals surface area contributed by atoms with E-state index in [1.165, 1.54) is 40.1 Å². The number of halogens is 3. The van der Waals surface area contributed by atoms with E-state index in [9.17, 15) is 22.8 Å². The first kappa shape index (κ1) is 14.4. The lowest BCUT2D eigenvalue weighted by atomic mass is 10.2. The first-order chi connectivity index (χ1) is 10.3. The van der Waals surface area contributed by atoms with Gasteiger partial charge >= 0.3 is 12.2 Å². The summed E-state index contributed by atoms with van der Waals surface area (Å²) in [7, 11) is 0. The van der Waals surface area contributed by atoms with E-state index < -0.39 is 12.8 Å².